The number of anilines is 2. The van der Waals surface area contributed by atoms with Crippen LogP contribution in [0.2, 0.25) is 0 Å². The highest BCUT2D eigenvalue weighted by atomic mass is 32.1. The highest BCUT2D eigenvalue weighted by Crippen LogP contribution is 2.40. The minimum atomic E-state index is -4.81. The van der Waals surface area contributed by atoms with E-state index in [1.807, 2.05) is 31.2 Å². The number of thiazole rings is 1. The van der Waals surface area contributed by atoms with Gasteiger partial charge in [-0.05, 0) is 98.4 Å². The van der Waals surface area contributed by atoms with E-state index in [0.29, 0.717) is 31.1 Å². The van der Waals surface area contributed by atoms with E-state index in [1.165, 1.54) is 17.0 Å². The number of halogens is 3. The van der Waals surface area contributed by atoms with Crippen LogP contribution in [0, 0.1) is 23.7 Å². The molecule has 0 bridgehead atoms. The zero-order valence-electron chi connectivity index (χ0n) is 39.6. The van der Waals surface area contributed by atoms with Crippen LogP contribution in [-0.4, -0.2) is 114 Å². The van der Waals surface area contributed by atoms with E-state index in [0.717, 1.165) is 38.7 Å². The number of thiocarbonyl (C=S) groups is 1. The molecule has 1 unspecified atom stereocenters. The number of benzene rings is 3. The van der Waals surface area contributed by atoms with Crippen LogP contribution in [0.1, 0.15) is 69.8 Å². The third-order valence-corrected chi connectivity index (χ3v) is 13.0. The van der Waals surface area contributed by atoms with Gasteiger partial charge in [-0.15, -0.1) is 11.3 Å². The summed E-state index contributed by atoms with van der Waals surface area (Å²) in [7, 11) is 0. The fourth-order valence-corrected chi connectivity index (χ4v) is 9.30. The SMILES string of the molecule is Cc1ncsc1-c1ccc(CNC(=O)[C@@H]2C[C@@H](O)CN2C(=O)C(NC(=O)OCCOCCCOCCOc2ccc(N3C(=S)N(c4ccc(C#N)c(C(F)(F)F)c4)C(=O)C3(C)C)cc2)C(C)(C)C)cc1. The molecule has 0 radical (unpaired) electrons. The minimum Gasteiger partial charge on any atom is -0.491 e. The topological polar surface area (TPSA) is 196 Å². The van der Waals surface area contributed by atoms with Crippen LogP contribution in [0.5, 0.6) is 5.75 Å². The Hall–Kier alpha value is -6.18. The van der Waals surface area contributed by atoms with Gasteiger partial charge in [-0.25, -0.2) is 9.78 Å². The second-order valence-electron chi connectivity index (χ2n) is 18.2. The molecule has 2 aliphatic heterocycles. The zero-order chi connectivity index (χ0) is 51.0. The monoisotopic (exact) mass is 1010 g/mol. The van der Waals surface area contributed by atoms with Crippen molar-refractivity contribution in [1.82, 2.24) is 20.5 Å². The first-order valence-corrected chi connectivity index (χ1v) is 23.8. The lowest BCUT2D eigenvalue weighted by Gasteiger charge is -2.35. The van der Waals surface area contributed by atoms with Gasteiger partial charge in [-0.3, -0.25) is 19.3 Å². The lowest BCUT2D eigenvalue weighted by Crippen LogP contribution is -2.57. The molecule has 374 valence electrons. The number of amides is 4. The van der Waals surface area contributed by atoms with E-state index in [-0.39, 0.29) is 56.7 Å². The maximum atomic E-state index is 13.9. The molecule has 3 N–H and O–H groups in total. The predicted octanol–water partition coefficient (Wildman–Crippen LogP) is 7.15. The Morgan fingerprint density at radius 3 is 2.24 bits per heavy atom. The number of likely N-dealkylation sites (tertiary alicyclic amines) is 1. The molecule has 1 aromatic heterocycles. The van der Waals surface area contributed by atoms with E-state index in [1.54, 1.807) is 80.6 Å². The van der Waals surface area contributed by atoms with Gasteiger partial charge in [0.25, 0.3) is 5.91 Å². The first-order chi connectivity index (χ1) is 33.1. The van der Waals surface area contributed by atoms with E-state index >= 15 is 0 Å². The number of β-amino-alcohol motifs (C(OH)–C–C–N with tert-alkyl or cyclic N) is 1. The number of nitrogens with one attached hydrogen (secondary N) is 2. The Morgan fingerprint density at radius 1 is 0.971 bits per heavy atom. The molecular weight excluding hydrogens is 952 g/mol. The maximum absolute atomic E-state index is 13.9. The summed E-state index contributed by atoms with van der Waals surface area (Å²) in [6.07, 6.45) is -5.95. The Balaban J connectivity index is 0.867. The van der Waals surface area contributed by atoms with Crippen molar-refractivity contribution in [1.29, 1.82) is 5.26 Å². The summed E-state index contributed by atoms with van der Waals surface area (Å²) < 4.78 is 63.4. The summed E-state index contributed by atoms with van der Waals surface area (Å²) in [6.45, 7) is 11.8. The fourth-order valence-electron chi connectivity index (χ4n) is 7.97. The third kappa shape index (κ3) is 12.8. The summed E-state index contributed by atoms with van der Waals surface area (Å²) in [5.41, 5.74) is 1.31. The summed E-state index contributed by atoms with van der Waals surface area (Å²) >= 11 is 7.16. The summed E-state index contributed by atoms with van der Waals surface area (Å²) in [5.74, 6) is -0.952. The quantitative estimate of drug-likeness (QED) is 0.0634. The number of aliphatic hydroxyl groups is 1. The maximum Gasteiger partial charge on any atom is 0.417 e. The van der Waals surface area contributed by atoms with E-state index in [2.05, 4.69) is 15.6 Å². The van der Waals surface area contributed by atoms with Gasteiger partial charge in [0.2, 0.25) is 11.8 Å². The van der Waals surface area contributed by atoms with Crippen LogP contribution >= 0.6 is 23.6 Å². The average molecular weight is 1010 g/mol. The van der Waals surface area contributed by atoms with Gasteiger partial charge in [0.1, 0.15) is 36.6 Å². The molecule has 0 spiro atoms. The lowest BCUT2D eigenvalue weighted by molar-refractivity contribution is -0.142. The van der Waals surface area contributed by atoms with Crippen molar-refractivity contribution in [3.05, 3.63) is 94.6 Å². The molecule has 3 aromatic carbocycles. The molecule has 6 rings (SSSR count). The molecule has 2 fully saturated rings. The van der Waals surface area contributed by atoms with Crippen molar-refractivity contribution in [3.63, 3.8) is 0 Å². The Labute approximate surface area is 413 Å². The fraction of sp³-hybridized carbons (Fsp3) is 0.449. The van der Waals surface area contributed by atoms with Gasteiger partial charge in [0, 0.05) is 38.4 Å². The van der Waals surface area contributed by atoms with Crippen molar-refractivity contribution in [2.75, 3.05) is 56.0 Å². The van der Waals surface area contributed by atoms with Gasteiger partial charge >= 0.3 is 12.3 Å². The Bertz CT molecular complexity index is 2560. The lowest BCUT2D eigenvalue weighted by atomic mass is 9.85. The van der Waals surface area contributed by atoms with Crippen LogP contribution in [0.3, 0.4) is 0 Å². The number of rotatable bonds is 19. The molecular formula is C49H56F3N7O9S2. The van der Waals surface area contributed by atoms with Crippen LogP contribution < -0.4 is 25.2 Å². The number of aromatic nitrogens is 1. The minimum absolute atomic E-state index is 0.0223. The number of carbonyl (C=O) groups excluding carboxylic acids is 4. The Morgan fingerprint density at radius 2 is 1.63 bits per heavy atom. The normalized spacial score (nSPS) is 17.4. The van der Waals surface area contributed by atoms with Crippen molar-refractivity contribution in [2.24, 2.45) is 5.41 Å². The van der Waals surface area contributed by atoms with Crippen LogP contribution in [0.4, 0.5) is 29.3 Å². The number of aliphatic hydroxyl groups excluding tert-OH is 1. The number of aryl methyl sites for hydroxylation is 1. The number of hydrogen-bond acceptors (Lipinski definition) is 13. The molecule has 70 heavy (non-hydrogen) atoms. The predicted molar refractivity (Wildman–Crippen MR) is 259 cm³/mol. The molecule has 0 aliphatic carbocycles. The largest absolute Gasteiger partial charge is 0.491 e. The van der Waals surface area contributed by atoms with Gasteiger partial charge in [-0.1, -0.05) is 45.0 Å². The summed E-state index contributed by atoms with van der Waals surface area (Å²) in [6, 6.07) is 17.1. The molecule has 16 nitrogen and oxygen atoms in total. The second kappa shape index (κ2) is 22.7. The molecule has 3 atom stereocenters. The van der Waals surface area contributed by atoms with E-state index < -0.39 is 70.3 Å². The van der Waals surface area contributed by atoms with Crippen LogP contribution in [0.25, 0.3) is 10.4 Å². The van der Waals surface area contributed by atoms with Crippen LogP contribution in [0.15, 0.2) is 72.2 Å². The number of nitriles is 1. The first-order valence-electron chi connectivity index (χ1n) is 22.5. The van der Waals surface area contributed by atoms with E-state index in [4.69, 9.17) is 31.2 Å². The molecule has 21 heteroatoms. The molecule has 3 heterocycles. The number of alkyl carbamates (subject to hydrolysis) is 1. The average Bonchev–Trinajstić information content (AvgIpc) is 3.98. The zero-order valence-corrected chi connectivity index (χ0v) is 41.3. The Kier molecular flexibility index (Phi) is 17.3. The summed E-state index contributed by atoms with van der Waals surface area (Å²) in [4.78, 5) is 63.0. The van der Waals surface area contributed by atoms with Crippen molar-refractivity contribution >= 4 is 63.9 Å². The van der Waals surface area contributed by atoms with Gasteiger partial charge in [0.05, 0.1) is 58.3 Å². The number of ether oxygens (including phenoxy) is 4. The molecule has 0 saturated carbocycles. The summed E-state index contributed by atoms with van der Waals surface area (Å²) in [5, 5.41) is 25.2. The number of alkyl halides is 3. The molecule has 2 saturated heterocycles. The molecule has 4 aromatic rings. The second-order valence-corrected chi connectivity index (χ2v) is 19.5. The molecule has 4 amide bonds. The van der Waals surface area contributed by atoms with Crippen molar-refractivity contribution in [3.8, 4) is 22.3 Å². The standard InChI is InChI=1S/C49H56F3N7O9S2/c1-30-40(70-29-55-30)32-10-8-31(9-11-32)27-54-42(61)39-25-36(60)28-57(39)43(62)41(47(2,3)4)56-45(64)68-23-21-66-19-7-18-65-20-22-67-37-16-14-34(15-17-37)59-46(69)58(44(63)48(59,5)6)35-13-12-33(26-53)38(24-35)49(50,51)52/h8-17,24,29,36,39,41,60H,7,18-23,25,27-28H2,1-6H3,(H,54,61)(H,56,64)/t36-,39+,41?/m1/s1. The first kappa shape index (κ1) is 53.2. The van der Waals surface area contributed by atoms with Gasteiger partial charge in [-0.2, -0.15) is 18.4 Å². The van der Waals surface area contributed by atoms with Crippen LogP contribution in [-0.2, 0) is 41.3 Å². The number of carbonyl (C=O) groups is 4. The van der Waals surface area contributed by atoms with Gasteiger partial charge < -0.3 is 44.5 Å². The number of nitrogens with zero attached hydrogens (tertiary/aromatic N) is 5. The smallest absolute Gasteiger partial charge is 0.417 e. The molecule has 2 aliphatic rings. The van der Waals surface area contributed by atoms with Crippen molar-refractivity contribution < 1.29 is 56.4 Å². The van der Waals surface area contributed by atoms with Gasteiger partial charge in [0.15, 0.2) is 5.11 Å². The highest BCUT2D eigenvalue weighted by molar-refractivity contribution is 7.81. The van der Waals surface area contributed by atoms with Crippen molar-refractivity contribution in [2.45, 2.75) is 90.8 Å². The number of hydrogen-bond donors (Lipinski definition) is 3. The highest BCUT2D eigenvalue weighted by Gasteiger charge is 2.51. The van der Waals surface area contributed by atoms with E-state index in [9.17, 15) is 42.7 Å². The third-order valence-electron chi connectivity index (χ3n) is 11.7.